The maximum atomic E-state index is 11.2. The number of β-amino-alcohol motifs (C(OH)–C–C–N with tert-alkyl or cyclic N) is 1. The highest BCUT2D eigenvalue weighted by Crippen LogP contribution is 2.07. The van der Waals surface area contributed by atoms with Gasteiger partial charge in [-0.2, -0.15) is 0 Å². The summed E-state index contributed by atoms with van der Waals surface area (Å²) in [4.78, 5) is 11.2. The van der Waals surface area contributed by atoms with Crippen LogP contribution in [-0.2, 0) is 4.74 Å². The van der Waals surface area contributed by atoms with Crippen molar-refractivity contribution in [3.05, 3.63) is 0 Å². The van der Waals surface area contributed by atoms with E-state index in [0.29, 0.717) is 13.2 Å². The van der Waals surface area contributed by atoms with Crippen LogP contribution < -0.4 is 5.43 Å². The summed E-state index contributed by atoms with van der Waals surface area (Å²) >= 11 is 0. The summed E-state index contributed by atoms with van der Waals surface area (Å²) in [5, 5.41) is 11.1. The number of hydrazine groups is 1. The van der Waals surface area contributed by atoms with Gasteiger partial charge in [0.2, 0.25) is 0 Å². The molecule has 1 amide bonds. The Kier molecular flexibility index (Phi) is 5.42. The van der Waals surface area contributed by atoms with Gasteiger partial charge in [-0.25, -0.2) is 9.80 Å². The van der Waals surface area contributed by atoms with Gasteiger partial charge in [-0.05, 0) is 19.3 Å². The molecule has 5 heteroatoms. The Labute approximate surface area is 90.4 Å². The average molecular weight is 216 g/mol. The van der Waals surface area contributed by atoms with E-state index in [1.807, 2.05) is 6.92 Å². The topological polar surface area (TPSA) is 61.8 Å². The van der Waals surface area contributed by atoms with Gasteiger partial charge < -0.3 is 9.84 Å². The largest absolute Gasteiger partial charge is 0.449 e. The van der Waals surface area contributed by atoms with Gasteiger partial charge in [0.1, 0.15) is 0 Å². The summed E-state index contributed by atoms with van der Waals surface area (Å²) in [6, 6.07) is 0. The van der Waals surface area contributed by atoms with Crippen LogP contribution in [0.4, 0.5) is 4.79 Å². The first kappa shape index (κ1) is 12.3. The molecule has 0 aromatic rings. The number of nitrogens with zero attached hydrogens (tertiary/aromatic N) is 1. The van der Waals surface area contributed by atoms with Crippen LogP contribution in [0.15, 0.2) is 0 Å². The number of unbranched alkanes of at least 4 members (excludes halogenated alkanes) is 1. The van der Waals surface area contributed by atoms with Crippen LogP contribution in [0.2, 0.25) is 0 Å². The molecule has 88 valence electrons. The minimum Gasteiger partial charge on any atom is -0.449 e. The number of aliphatic hydroxyl groups excluding tert-OH is 1. The molecule has 5 nitrogen and oxygen atoms in total. The summed E-state index contributed by atoms with van der Waals surface area (Å²) in [5.74, 6) is 0. The van der Waals surface area contributed by atoms with Gasteiger partial charge in [0.15, 0.2) is 0 Å². The average Bonchev–Trinajstić information content (AvgIpc) is 2.18. The Morgan fingerprint density at radius 3 is 3.13 bits per heavy atom. The fourth-order valence-corrected chi connectivity index (χ4v) is 1.53. The van der Waals surface area contributed by atoms with Crippen LogP contribution in [0.1, 0.15) is 32.6 Å². The molecule has 0 radical (unpaired) electrons. The molecule has 1 aliphatic rings. The van der Waals surface area contributed by atoms with Gasteiger partial charge in [0.05, 0.1) is 12.7 Å². The molecule has 1 saturated heterocycles. The summed E-state index contributed by atoms with van der Waals surface area (Å²) in [6.07, 6.45) is 2.85. The van der Waals surface area contributed by atoms with Crippen LogP contribution >= 0.6 is 0 Å². The molecule has 2 N–H and O–H groups in total. The van der Waals surface area contributed by atoms with E-state index in [4.69, 9.17) is 4.74 Å². The number of ether oxygens (including phenoxy) is 1. The lowest BCUT2D eigenvalue weighted by atomic mass is 10.1. The van der Waals surface area contributed by atoms with Gasteiger partial charge in [-0.3, -0.25) is 5.43 Å². The lowest BCUT2D eigenvalue weighted by Gasteiger charge is -2.29. The van der Waals surface area contributed by atoms with Gasteiger partial charge in [-0.15, -0.1) is 0 Å². The van der Waals surface area contributed by atoms with Crippen LogP contribution in [0.25, 0.3) is 0 Å². The normalized spacial score (nSPS) is 22.4. The van der Waals surface area contributed by atoms with Crippen molar-refractivity contribution in [3.8, 4) is 0 Å². The number of aliphatic hydroxyl groups is 1. The second kappa shape index (κ2) is 6.63. The quantitative estimate of drug-likeness (QED) is 0.685. The van der Waals surface area contributed by atoms with Crippen LogP contribution in [0.5, 0.6) is 0 Å². The molecule has 15 heavy (non-hydrogen) atoms. The highest BCUT2D eigenvalue weighted by atomic mass is 16.6. The molecular weight excluding hydrogens is 196 g/mol. The molecule has 0 spiro atoms. The van der Waals surface area contributed by atoms with E-state index in [-0.39, 0.29) is 6.10 Å². The van der Waals surface area contributed by atoms with E-state index in [1.54, 1.807) is 5.01 Å². The molecule has 0 aromatic carbocycles. The number of piperidine rings is 1. The Morgan fingerprint density at radius 2 is 2.47 bits per heavy atom. The first-order chi connectivity index (χ1) is 7.22. The molecule has 0 aliphatic carbocycles. The minimum absolute atomic E-state index is 0.338. The minimum atomic E-state index is -0.419. The van der Waals surface area contributed by atoms with E-state index >= 15 is 0 Å². The van der Waals surface area contributed by atoms with Gasteiger partial charge in [0.25, 0.3) is 0 Å². The van der Waals surface area contributed by atoms with Crippen molar-refractivity contribution in [3.63, 3.8) is 0 Å². The van der Waals surface area contributed by atoms with E-state index in [9.17, 15) is 9.90 Å². The first-order valence-electron chi connectivity index (χ1n) is 5.58. The number of hydrogen-bond acceptors (Lipinski definition) is 4. The molecule has 1 heterocycles. The second-order valence-electron chi connectivity index (χ2n) is 3.84. The van der Waals surface area contributed by atoms with E-state index in [2.05, 4.69) is 5.43 Å². The molecule has 0 aromatic heterocycles. The van der Waals surface area contributed by atoms with Crippen molar-refractivity contribution in [1.82, 2.24) is 10.4 Å². The molecule has 0 saturated carbocycles. The number of hydrogen-bond donors (Lipinski definition) is 2. The standard InChI is InChI=1S/C10H20N2O3/c1-2-3-7-15-10(14)11-12-6-4-5-9(13)8-12/h9,13H,2-8H2,1H3,(H,11,14). The van der Waals surface area contributed by atoms with Crippen LogP contribution in [0.3, 0.4) is 0 Å². The first-order valence-corrected chi connectivity index (χ1v) is 5.58. The number of carbonyl (C=O) groups excluding carboxylic acids is 1. The smallest absolute Gasteiger partial charge is 0.421 e. The maximum Gasteiger partial charge on any atom is 0.421 e. The number of amides is 1. The maximum absolute atomic E-state index is 11.2. The third kappa shape index (κ3) is 4.99. The second-order valence-corrected chi connectivity index (χ2v) is 3.84. The predicted octanol–water partition coefficient (Wildman–Crippen LogP) is 0.884. The number of rotatable bonds is 4. The zero-order valence-electron chi connectivity index (χ0n) is 9.24. The van der Waals surface area contributed by atoms with Crippen LogP contribution in [0, 0.1) is 0 Å². The van der Waals surface area contributed by atoms with Crippen LogP contribution in [-0.4, -0.2) is 42.0 Å². The lowest BCUT2D eigenvalue weighted by Crippen LogP contribution is -2.49. The number of nitrogens with one attached hydrogen (secondary N) is 1. The molecule has 1 aliphatic heterocycles. The molecule has 1 fully saturated rings. The third-order valence-corrected chi connectivity index (χ3v) is 2.38. The summed E-state index contributed by atoms with van der Waals surface area (Å²) < 4.78 is 4.95. The van der Waals surface area contributed by atoms with Crippen molar-refractivity contribution in [2.24, 2.45) is 0 Å². The van der Waals surface area contributed by atoms with E-state index < -0.39 is 6.09 Å². The zero-order valence-corrected chi connectivity index (χ0v) is 9.24. The molecule has 1 unspecified atom stereocenters. The summed E-state index contributed by atoms with van der Waals surface area (Å²) in [6.45, 7) is 3.77. The Balaban J connectivity index is 2.13. The van der Waals surface area contributed by atoms with E-state index in [1.165, 1.54) is 0 Å². The fraction of sp³-hybridized carbons (Fsp3) is 0.900. The highest BCUT2D eigenvalue weighted by molar-refractivity contribution is 5.66. The Bertz CT molecular complexity index is 199. The number of carbonyl (C=O) groups is 1. The molecule has 1 rings (SSSR count). The van der Waals surface area contributed by atoms with Gasteiger partial charge >= 0.3 is 6.09 Å². The summed E-state index contributed by atoms with van der Waals surface area (Å²) in [5.41, 5.74) is 2.62. The molecular formula is C10H20N2O3. The lowest BCUT2D eigenvalue weighted by molar-refractivity contribution is 0.0354. The fourth-order valence-electron chi connectivity index (χ4n) is 1.53. The van der Waals surface area contributed by atoms with Crippen molar-refractivity contribution < 1.29 is 14.6 Å². The SMILES string of the molecule is CCCCOC(=O)NN1CCCC(O)C1. The Morgan fingerprint density at radius 1 is 1.67 bits per heavy atom. The van der Waals surface area contributed by atoms with E-state index in [0.717, 1.165) is 32.2 Å². The monoisotopic (exact) mass is 216 g/mol. The zero-order chi connectivity index (χ0) is 11.1. The summed E-state index contributed by atoms with van der Waals surface area (Å²) in [7, 11) is 0. The Hall–Kier alpha value is -0.810. The third-order valence-electron chi connectivity index (χ3n) is 2.38. The van der Waals surface area contributed by atoms with Crippen molar-refractivity contribution in [2.45, 2.75) is 38.7 Å². The molecule has 0 bridgehead atoms. The molecule has 1 atom stereocenters. The van der Waals surface area contributed by atoms with Gasteiger partial charge in [-0.1, -0.05) is 13.3 Å². The highest BCUT2D eigenvalue weighted by Gasteiger charge is 2.19. The van der Waals surface area contributed by atoms with Gasteiger partial charge in [0, 0.05) is 13.1 Å². The van der Waals surface area contributed by atoms with Crippen molar-refractivity contribution >= 4 is 6.09 Å². The predicted molar refractivity (Wildman–Crippen MR) is 56.2 cm³/mol. The van der Waals surface area contributed by atoms with Crippen molar-refractivity contribution in [2.75, 3.05) is 19.7 Å². The van der Waals surface area contributed by atoms with Crippen molar-refractivity contribution in [1.29, 1.82) is 0 Å².